The molecule has 0 aliphatic carbocycles. The largest absolute Gasteiger partial charge is 0.481 e. The van der Waals surface area contributed by atoms with E-state index in [1.54, 1.807) is 13.0 Å². The van der Waals surface area contributed by atoms with Crippen molar-refractivity contribution in [2.75, 3.05) is 13.1 Å². The first kappa shape index (κ1) is 18.2. The minimum Gasteiger partial charge on any atom is -0.481 e. The van der Waals surface area contributed by atoms with Gasteiger partial charge in [0.05, 0.1) is 0 Å². The number of likely N-dealkylation sites (tertiary alicyclic amines) is 1. The van der Waals surface area contributed by atoms with Crippen molar-refractivity contribution < 1.29 is 32.3 Å². The molecule has 8 heteroatoms. The minimum absolute atomic E-state index is 0.114. The monoisotopic (exact) mass is 347 g/mol. The zero-order valence-corrected chi connectivity index (χ0v) is 12.9. The third-order valence-electron chi connectivity index (χ3n) is 4.47. The fourth-order valence-electron chi connectivity index (χ4n) is 2.87. The standard InChI is InChI=1S/C16H17F4NO3/c1-10(11-3-2-4-12(17)8-11)7-13(22)21-6-5-15(9-21,14(23)24)16(18,19)20/h2-4,8,10H,5-7,9H2,1H3,(H,23,24). The molecule has 0 bridgehead atoms. The fraction of sp³-hybridized carbons (Fsp3) is 0.500. The Morgan fingerprint density at radius 3 is 2.54 bits per heavy atom. The molecule has 1 N–H and O–H groups in total. The number of hydrogen-bond donors (Lipinski definition) is 1. The molecular formula is C16H17F4NO3. The van der Waals surface area contributed by atoms with Gasteiger partial charge in [0.2, 0.25) is 5.91 Å². The molecule has 24 heavy (non-hydrogen) atoms. The number of hydrogen-bond acceptors (Lipinski definition) is 2. The Bertz CT molecular complexity index is 646. The normalized spacial score (nSPS) is 22.5. The number of halogens is 4. The van der Waals surface area contributed by atoms with Crippen LogP contribution in [-0.4, -0.2) is 41.1 Å². The molecule has 1 aliphatic heterocycles. The van der Waals surface area contributed by atoms with Crippen molar-refractivity contribution >= 4 is 11.9 Å². The van der Waals surface area contributed by atoms with Crippen molar-refractivity contribution in [3.63, 3.8) is 0 Å². The third kappa shape index (κ3) is 3.37. The lowest BCUT2D eigenvalue weighted by molar-refractivity contribution is -0.227. The van der Waals surface area contributed by atoms with Gasteiger partial charge in [-0.05, 0) is 30.0 Å². The molecule has 0 spiro atoms. The Hall–Kier alpha value is -2.12. The van der Waals surface area contributed by atoms with Crippen LogP contribution in [-0.2, 0) is 9.59 Å². The molecule has 0 radical (unpaired) electrons. The number of alkyl halides is 3. The highest BCUT2D eigenvalue weighted by Crippen LogP contribution is 2.46. The molecular weight excluding hydrogens is 330 g/mol. The molecule has 1 aromatic rings. The van der Waals surface area contributed by atoms with Crippen LogP contribution in [0, 0.1) is 11.2 Å². The van der Waals surface area contributed by atoms with Crippen LogP contribution in [0.2, 0.25) is 0 Å². The number of aliphatic carboxylic acids is 1. The molecule has 1 heterocycles. The van der Waals surface area contributed by atoms with E-state index in [0.717, 1.165) is 4.90 Å². The Morgan fingerprint density at radius 1 is 1.38 bits per heavy atom. The average Bonchev–Trinajstić information content (AvgIpc) is 2.93. The smallest absolute Gasteiger partial charge is 0.406 e. The summed E-state index contributed by atoms with van der Waals surface area (Å²) in [6, 6.07) is 5.63. The minimum atomic E-state index is -4.93. The van der Waals surface area contributed by atoms with E-state index >= 15 is 0 Å². The summed E-state index contributed by atoms with van der Waals surface area (Å²) in [4.78, 5) is 24.3. The van der Waals surface area contributed by atoms with Gasteiger partial charge in [-0.25, -0.2) is 4.39 Å². The van der Waals surface area contributed by atoms with Gasteiger partial charge in [-0.3, -0.25) is 9.59 Å². The molecule has 1 aromatic carbocycles. The lowest BCUT2D eigenvalue weighted by Gasteiger charge is -2.27. The van der Waals surface area contributed by atoms with E-state index in [4.69, 9.17) is 5.11 Å². The highest BCUT2D eigenvalue weighted by atomic mass is 19.4. The summed E-state index contributed by atoms with van der Waals surface area (Å²) in [7, 11) is 0. The zero-order chi connectivity index (χ0) is 18.1. The summed E-state index contributed by atoms with van der Waals surface area (Å²) < 4.78 is 52.5. The first-order valence-electron chi connectivity index (χ1n) is 7.40. The van der Waals surface area contributed by atoms with Crippen LogP contribution in [0.25, 0.3) is 0 Å². The SMILES string of the molecule is CC(CC(=O)N1CCC(C(=O)O)(C(F)(F)F)C1)c1cccc(F)c1. The topological polar surface area (TPSA) is 57.6 Å². The van der Waals surface area contributed by atoms with E-state index in [1.165, 1.54) is 18.2 Å². The molecule has 1 saturated heterocycles. The second-order valence-corrected chi connectivity index (χ2v) is 6.11. The van der Waals surface area contributed by atoms with Gasteiger partial charge in [0, 0.05) is 19.5 Å². The number of carbonyl (C=O) groups excluding carboxylic acids is 1. The lowest BCUT2D eigenvalue weighted by atomic mass is 9.86. The molecule has 0 aromatic heterocycles. The summed E-state index contributed by atoms with van der Waals surface area (Å²) in [5, 5.41) is 8.99. The van der Waals surface area contributed by atoms with E-state index < -0.39 is 42.3 Å². The van der Waals surface area contributed by atoms with Gasteiger partial charge in [0.15, 0.2) is 5.41 Å². The second kappa shape index (κ2) is 6.41. The van der Waals surface area contributed by atoms with Gasteiger partial charge in [0.1, 0.15) is 5.82 Å². The van der Waals surface area contributed by atoms with Crippen LogP contribution in [0.1, 0.15) is 31.2 Å². The number of amides is 1. The quantitative estimate of drug-likeness (QED) is 0.851. The average molecular weight is 347 g/mol. The molecule has 132 valence electrons. The summed E-state index contributed by atoms with van der Waals surface area (Å²) in [5.74, 6) is -3.39. The van der Waals surface area contributed by atoms with Crippen LogP contribution in [0.5, 0.6) is 0 Å². The molecule has 0 saturated carbocycles. The van der Waals surface area contributed by atoms with Gasteiger partial charge in [-0.15, -0.1) is 0 Å². The van der Waals surface area contributed by atoms with Crippen LogP contribution in [0.3, 0.4) is 0 Å². The van der Waals surface area contributed by atoms with Gasteiger partial charge >= 0.3 is 12.1 Å². The van der Waals surface area contributed by atoms with Crippen molar-refractivity contribution in [1.82, 2.24) is 4.90 Å². The second-order valence-electron chi connectivity index (χ2n) is 6.11. The third-order valence-corrected chi connectivity index (χ3v) is 4.47. The lowest BCUT2D eigenvalue weighted by Crippen LogP contribution is -2.47. The number of carboxylic acids is 1. The van der Waals surface area contributed by atoms with Gasteiger partial charge in [0.25, 0.3) is 0 Å². The number of benzene rings is 1. The molecule has 1 amide bonds. The van der Waals surface area contributed by atoms with E-state index in [-0.39, 0.29) is 18.9 Å². The van der Waals surface area contributed by atoms with Crippen molar-refractivity contribution in [3.05, 3.63) is 35.6 Å². The first-order valence-corrected chi connectivity index (χ1v) is 7.40. The predicted molar refractivity (Wildman–Crippen MR) is 76.8 cm³/mol. The Labute approximate surface area is 136 Å². The Morgan fingerprint density at radius 2 is 2.04 bits per heavy atom. The number of carboxylic acid groups (broad SMARTS) is 1. The molecule has 2 atom stereocenters. The maximum Gasteiger partial charge on any atom is 0.406 e. The van der Waals surface area contributed by atoms with Crippen molar-refractivity contribution in [2.45, 2.75) is 31.9 Å². The molecule has 1 aliphatic rings. The van der Waals surface area contributed by atoms with Crippen LogP contribution in [0.15, 0.2) is 24.3 Å². The highest BCUT2D eigenvalue weighted by Gasteiger charge is 2.64. The highest BCUT2D eigenvalue weighted by molar-refractivity contribution is 5.81. The van der Waals surface area contributed by atoms with Crippen molar-refractivity contribution in [1.29, 1.82) is 0 Å². The number of carbonyl (C=O) groups is 2. The van der Waals surface area contributed by atoms with Gasteiger partial charge in [-0.2, -0.15) is 13.2 Å². The van der Waals surface area contributed by atoms with Crippen molar-refractivity contribution in [3.8, 4) is 0 Å². The van der Waals surface area contributed by atoms with Gasteiger partial charge < -0.3 is 10.0 Å². The Balaban J connectivity index is 2.08. The predicted octanol–water partition coefficient (Wildman–Crippen LogP) is 3.18. The number of rotatable bonds is 4. The maximum absolute atomic E-state index is 13.2. The van der Waals surface area contributed by atoms with Crippen LogP contribution < -0.4 is 0 Å². The zero-order valence-electron chi connectivity index (χ0n) is 12.9. The van der Waals surface area contributed by atoms with Crippen LogP contribution in [0.4, 0.5) is 17.6 Å². The van der Waals surface area contributed by atoms with E-state index in [9.17, 15) is 27.2 Å². The van der Waals surface area contributed by atoms with E-state index in [2.05, 4.69) is 0 Å². The Kier molecular flexibility index (Phi) is 4.87. The maximum atomic E-state index is 13.2. The summed E-state index contributed by atoms with van der Waals surface area (Å²) in [6.45, 7) is 0.512. The molecule has 4 nitrogen and oxygen atoms in total. The summed E-state index contributed by atoms with van der Waals surface area (Å²) >= 11 is 0. The van der Waals surface area contributed by atoms with Crippen molar-refractivity contribution in [2.24, 2.45) is 5.41 Å². The van der Waals surface area contributed by atoms with Gasteiger partial charge in [-0.1, -0.05) is 19.1 Å². The van der Waals surface area contributed by atoms with E-state index in [1.807, 2.05) is 0 Å². The van der Waals surface area contributed by atoms with Crippen LogP contribution >= 0.6 is 0 Å². The summed E-state index contributed by atoms with van der Waals surface area (Å²) in [6.07, 6.45) is -5.70. The van der Waals surface area contributed by atoms with E-state index in [0.29, 0.717) is 5.56 Å². The fourth-order valence-corrected chi connectivity index (χ4v) is 2.87. The molecule has 2 unspecified atom stereocenters. The summed E-state index contributed by atoms with van der Waals surface area (Å²) in [5.41, 5.74) is -2.35. The number of nitrogens with zero attached hydrogens (tertiary/aromatic N) is 1. The molecule has 2 rings (SSSR count). The molecule has 1 fully saturated rings. The first-order chi connectivity index (χ1) is 11.1.